The van der Waals surface area contributed by atoms with Crippen molar-refractivity contribution in [2.24, 2.45) is 0 Å². The average molecular weight is 234 g/mol. The van der Waals surface area contributed by atoms with Gasteiger partial charge >= 0.3 is 0 Å². The number of nitrogens with zero attached hydrogens (tertiary/aromatic N) is 1. The van der Waals surface area contributed by atoms with E-state index in [1.807, 2.05) is 12.1 Å². The Balaban J connectivity index is 2.51. The lowest BCUT2D eigenvalue weighted by Crippen LogP contribution is -1.88. The number of hydrogen-bond acceptors (Lipinski definition) is 3. The van der Waals surface area contributed by atoms with Gasteiger partial charge in [-0.25, -0.2) is 4.98 Å². The molecule has 0 unspecified atom stereocenters. The maximum Gasteiger partial charge on any atom is 0.226 e. The molecule has 4 heteroatoms. The Morgan fingerprint density at radius 1 is 1.31 bits per heavy atom. The molecule has 1 aromatic carbocycles. The molecule has 0 aliphatic rings. The van der Waals surface area contributed by atoms with E-state index < -0.39 is 0 Å². The molecule has 3 rings (SSSR count). The van der Waals surface area contributed by atoms with Crippen LogP contribution in [0.4, 0.5) is 0 Å². The van der Waals surface area contributed by atoms with E-state index in [0.717, 1.165) is 16.3 Å². The highest BCUT2D eigenvalue weighted by molar-refractivity contribution is 6.35. The summed E-state index contributed by atoms with van der Waals surface area (Å²) >= 11 is 6.13. The van der Waals surface area contributed by atoms with Gasteiger partial charge in [-0.3, -0.25) is 0 Å². The van der Waals surface area contributed by atoms with E-state index in [1.54, 1.807) is 25.5 Å². The fourth-order valence-electron chi connectivity index (χ4n) is 1.75. The van der Waals surface area contributed by atoms with E-state index in [4.69, 9.17) is 20.8 Å². The Kier molecular flexibility index (Phi) is 2.01. The second-order valence-electron chi connectivity index (χ2n) is 3.45. The predicted molar refractivity (Wildman–Crippen MR) is 63.1 cm³/mol. The van der Waals surface area contributed by atoms with Gasteiger partial charge in [0.15, 0.2) is 0 Å². The highest BCUT2D eigenvalue weighted by atomic mass is 35.5. The summed E-state index contributed by atoms with van der Waals surface area (Å²) in [5, 5.41) is 2.46. The summed E-state index contributed by atoms with van der Waals surface area (Å²) in [5.74, 6) is 0.692. The molecule has 0 bridgehead atoms. The third-order valence-corrected chi connectivity index (χ3v) is 2.86. The minimum Gasteiger partial charge on any atom is -0.494 e. The lowest BCUT2D eigenvalue weighted by Gasteiger charge is -2.05. The lowest BCUT2D eigenvalue weighted by atomic mass is 10.2. The Morgan fingerprint density at radius 2 is 2.19 bits per heavy atom. The second-order valence-corrected chi connectivity index (χ2v) is 3.86. The molecular weight excluding hydrogens is 226 g/mol. The number of ether oxygens (including phenoxy) is 1. The summed E-state index contributed by atoms with van der Waals surface area (Å²) in [4.78, 5) is 4.39. The largest absolute Gasteiger partial charge is 0.494 e. The first-order valence-corrected chi connectivity index (χ1v) is 5.18. The minimum absolute atomic E-state index is 0.591. The SMILES string of the molecule is COc1ccc(Cl)c2cc3ccoc3nc12. The molecule has 2 heterocycles. The van der Waals surface area contributed by atoms with E-state index in [0.29, 0.717) is 16.5 Å². The van der Waals surface area contributed by atoms with Crippen LogP contribution in [-0.4, -0.2) is 12.1 Å². The molecule has 0 aliphatic heterocycles. The first-order chi connectivity index (χ1) is 7.79. The van der Waals surface area contributed by atoms with E-state index >= 15 is 0 Å². The molecule has 3 aromatic rings. The first kappa shape index (κ1) is 9.48. The number of benzene rings is 1. The van der Waals surface area contributed by atoms with Crippen LogP contribution in [0.15, 0.2) is 34.9 Å². The van der Waals surface area contributed by atoms with Crippen LogP contribution < -0.4 is 4.74 Å². The summed E-state index contributed by atoms with van der Waals surface area (Å²) in [6, 6.07) is 7.41. The maximum atomic E-state index is 6.13. The maximum absolute atomic E-state index is 6.13. The van der Waals surface area contributed by atoms with Gasteiger partial charge in [-0.2, -0.15) is 0 Å². The van der Waals surface area contributed by atoms with E-state index in [9.17, 15) is 0 Å². The van der Waals surface area contributed by atoms with E-state index in [1.165, 1.54) is 0 Å². The fraction of sp³-hybridized carbons (Fsp3) is 0.0833. The van der Waals surface area contributed by atoms with Crippen molar-refractivity contribution in [3.8, 4) is 5.75 Å². The number of furan rings is 1. The topological polar surface area (TPSA) is 35.3 Å². The Labute approximate surface area is 96.6 Å². The van der Waals surface area contributed by atoms with E-state index in [-0.39, 0.29) is 0 Å². The molecule has 16 heavy (non-hydrogen) atoms. The van der Waals surface area contributed by atoms with Crippen LogP contribution >= 0.6 is 11.6 Å². The summed E-state index contributed by atoms with van der Waals surface area (Å²) in [5.41, 5.74) is 1.31. The summed E-state index contributed by atoms with van der Waals surface area (Å²) in [6.45, 7) is 0. The molecule has 0 amide bonds. The zero-order chi connectivity index (χ0) is 11.1. The molecule has 0 N–H and O–H groups in total. The van der Waals surface area contributed by atoms with Crippen LogP contribution in [0.1, 0.15) is 0 Å². The molecule has 80 valence electrons. The van der Waals surface area contributed by atoms with Crippen LogP contribution in [0.2, 0.25) is 5.02 Å². The van der Waals surface area contributed by atoms with Crippen LogP contribution in [-0.2, 0) is 0 Å². The van der Waals surface area contributed by atoms with Gasteiger partial charge in [-0.1, -0.05) is 11.6 Å². The van der Waals surface area contributed by atoms with Gasteiger partial charge < -0.3 is 9.15 Å². The zero-order valence-electron chi connectivity index (χ0n) is 8.53. The highest BCUT2D eigenvalue weighted by Gasteiger charge is 2.09. The number of rotatable bonds is 1. The summed E-state index contributed by atoms with van der Waals surface area (Å²) < 4.78 is 10.5. The van der Waals surface area contributed by atoms with Crippen molar-refractivity contribution < 1.29 is 9.15 Å². The zero-order valence-corrected chi connectivity index (χ0v) is 9.28. The normalized spacial score (nSPS) is 11.1. The highest BCUT2D eigenvalue weighted by Crippen LogP contribution is 2.32. The van der Waals surface area contributed by atoms with Gasteiger partial charge in [0.25, 0.3) is 0 Å². The predicted octanol–water partition coefficient (Wildman–Crippen LogP) is 3.64. The standard InChI is InChI=1S/C12H8ClNO2/c1-15-10-3-2-9(13)8-6-7-4-5-16-12(7)14-11(8)10/h2-6H,1H3. The number of fused-ring (bicyclic) bond motifs is 2. The molecule has 2 aromatic heterocycles. The van der Waals surface area contributed by atoms with Crippen molar-refractivity contribution in [1.82, 2.24) is 4.98 Å². The van der Waals surface area contributed by atoms with Crippen molar-refractivity contribution in [3.63, 3.8) is 0 Å². The number of halogens is 1. The number of pyridine rings is 1. The van der Waals surface area contributed by atoms with Crippen LogP contribution in [0.3, 0.4) is 0 Å². The van der Waals surface area contributed by atoms with Crippen molar-refractivity contribution in [2.45, 2.75) is 0 Å². The molecule has 0 atom stereocenters. The first-order valence-electron chi connectivity index (χ1n) is 4.80. The summed E-state index contributed by atoms with van der Waals surface area (Å²) in [6.07, 6.45) is 1.61. The smallest absolute Gasteiger partial charge is 0.226 e. The molecule has 0 saturated heterocycles. The third-order valence-electron chi connectivity index (χ3n) is 2.53. The van der Waals surface area contributed by atoms with Gasteiger partial charge in [-0.05, 0) is 24.3 Å². The molecule has 0 spiro atoms. The number of aromatic nitrogens is 1. The molecule has 0 aliphatic carbocycles. The van der Waals surface area contributed by atoms with Gasteiger partial charge in [0.1, 0.15) is 11.3 Å². The fourth-order valence-corrected chi connectivity index (χ4v) is 1.96. The van der Waals surface area contributed by atoms with Gasteiger partial charge in [0.2, 0.25) is 5.71 Å². The Hall–Kier alpha value is -1.74. The molecule has 0 radical (unpaired) electrons. The molecule has 0 saturated carbocycles. The quantitative estimate of drug-likeness (QED) is 0.644. The van der Waals surface area contributed by atoms with E-state index in [2.05, 4.69) is 4.98 Å². The third kappa shape index (κ3) is 1.25. The van der Waals surface area contributed by atoms with Gasteiger partial charge in [0.05, 0.1) is 18.4 Å². The average Bonchev–Trinajstić information content (AvgIpc) is 2.75. The van der Waals surface area contributed by atoms with Gasteiger partial charge in [0, 0.05) is 10.8 Å². The minimum atomic E-state index is 0.591. The van der Waals surface area contributed by atoms with Crippen LogP contribution in [0.25, 0.3) is 22.0 Å². The van der Waals surface area contributed by atoms with Crippen molar-refractivity contribution >= 4 is 33.6 Å². The second kappa shape index (κ2) is 3.39. The molecule has 3 nitrogen and oxygen atoms in total. The lowest BCUT2D eigenvalue weighted by molar-refractivity contribution is 0.419. The van der Waals surface area contributed by atoms with Crippen molar-refractivity contribution in [1.29, 1.82) is 0 Å². The monoisotopic (exact) mass is 233 g/mol. The van der Waals surface area contributed by atoms with Crippen molar-refractivity contribution in [2.75, 3.05) is 7.11 Å². The summed E-state index contributed by atoms with van der Waals surface area (Å²) in [7, 11) is 1.61. The van der Waals surface area contributed by atoms with Gasteiger partial charge in [-0.15, -0.1) is 0 Å². The Bertz CT molecular complexity index is 675. The van der Waals surface area contributed by atoms with Crippen LogP contribution in [0, 0.1) is 0 Å². The molecule has 0 fully saturated rings. The van der Waals surface area contributed by atoms with Crippen LogP contribution in [0.5, 0.6) is 5.75 Å². The van der Waals surface area contributed by atoms with Crippen molar-refractivity contribution in [3.05, 3.63) is 35.6 Å². The Morgan fingerprint density at radius 3 is 3.00 bits per heavy atom. The molecular formula is C12H8ClNO2. The number of hydrogen-bond donors (Lipinski definition) is 0. The number of methoxy groups -OCH3 is 1.